The lowest BCUT2D eigenvalue weighted by Gasteiger charge is -2.11. The molecule has 0 unspecified atom stereocenters. The maximum Gasteiger partial charge on any atom is 0.274 e. The second-order valence-corrected chi connectivity index (χ2v) is 4.95. The number of hydrogen-bond donors (Lipinski definition) is 2. The Morgan fingerprint density at radius 3 is 2.48 bits per heavy atom. The quantitative estimate of drug-likeness (QED) is 0.907. The minimum Gasteiger partial charge on any atom is -0.368 e. The number of nitrogens with zero attached hydrogens (tertiary/aromatic N) is 2. The summed E-state index contributed by atoms with van der Waals surface area (Å²) in [5.41, 5.74) is 0.769. The molecule has 2 N–H and O–H groups in total. The lowest BCUT2D eigenvalue weighted by atomic mass is 10.3. The van der Waals surface area contributed by atoms with E-state index in [9.17, 15) is 9.18 Å². The molecular weight excluding hydrogens is 271 g/mol. The third-order valence-electron chi connectivity index (χ3n) is 2.61. The van der Waals surface area contributed by atoms with Crippen molar-refractivity contribution < 1.29 is 9.18 Å². The van der Waals surface area contributed by atoms with Gasteiger partial charge in [-0.15, -0.1) is 0 Å². The van der Waals surface area contributed by atoms with Crippen LogP contribution in [0.1, 0.15) is 30.2 Å². The van der Waals surface area contributed by atoms with E-state index in [0.29, 0.717) is 17.3 Å². The van der Waals surface area contributed by atoms with Crippen molar-refractivity contribution in [2.45, 2.75) is 26.8 Å². The van der Waals surface area contributed by atoms with E-state index in [1.54, 1.807) is 13.0 Å². The average molecular weight is 288 g/mol. The molecule has 110 valence electrons. The van der Waals surface area contributed by atoms with Gasteiger partial charge in [-0.3, -0.25) is 4.79 Å². The molecule has 1 aromatic heterocycles. The monoisotopic (exact) mass is 288 g/mol. The summed E-state index contributed by atoms with van der Waals surface area (Å²) in [5, 5.41) is 5.80. The molecule has 2 aromatic rings. The molecule has 1 heterocycles. The summed E-state index contributed by atoms with van der Waals surface area (Å²) in [6, 6.07) is 7.35. The first-order valence-corrected chi connectivity index (χ1v) is 6.63. The number of anilines is 2. The fourth-order valence-corrected chi connectivity index (χ4v) is 1.78. The van der Waals surface area contributed by atoms with E-state index < -0.39 is 0 Å². The fraction of sp³-hybridized carbons (Fsp3) is 0.267. The van der Waals surface area contributed by atoms with Crippen LogP contribution in [0.15, 0.2) is 30.3 Å². The van der Waals surface area contributed by atoms with E-state index in [1.165, 1.54) is 24.3 Å². The Morgan fingerprint density at radius 1 is 1.19 bits per heavy atom. The van der Waals surface area contributed by atoms with Gasteiger partial charge in [0.2, 0.25) is 0 Å². The van der Waals surface area contributed by atoms with Gasteiger partial charge < -0.3 is 10.6 Å². The van der Waals surface area contributed by atoms with Crippen LogP contribution in [0, 0.1) is 12.7 Å². The molecule has 0 spiro atoms. The van der Waals surface area contributed by atoms with Crippen LogP contribution in [0.4, 0.5) is 15.9 Å². The molecule has 5 nitrogen and oxygen atoms in total. The van der Waals surface area contributed by atoms with E-state index in [1.807, 2.05) is 13.8 Å². The molecule has 0 bridgehead atoms. The third-order valence-corrected chi connectivity index (χ3v) is 2.61. The second kappa shape index (κ2) is 6.30. The Hall–Kier alpha value is -2.50. The van der Waals surface area contributed by atoms with Crippen LogP contribution in [-0.2, 0) is 0 Å². The molecule has 6 heteroatoms. The van der Waals surface area contributed by atoms with Crippen molar-refractivity contribution in [2.75, 3.05) is 10.6 Å². The normalized spacial score (nSPS) is 10.5. The van der Waals surface area contributed by atoms with Gasteiger partial charge in [-0.2, -0.15) is 0 Å². The van der Waals surface area contributed by atoms with Gasteiger partial charge in [0.25, 0.3) is 5.91 Å². The molecule has 0 atom stereocenters. The standard InChI is InChI=1S/C15H17FN4O/c1-9(2)17-14-8-13(18-10(3)19-14)15(21)20-12-6-4-11(16)5-7-12/h4-9H,1-3H3,(H,20,21)(H,17,18,19). The van der Waals surface area contributed by atoms with Gasteiger partial charge in [-0.05, 0) is 45.0 Å². The van der Waals surface area contributed by atoms with Gasteiger partial charge in [-0.1, -0.05) is 0 Å². The first kappa shape index (κ1) is 14.9. The first-order valence-electron chi connectivity index (χ1n) is 6.63. The summed E-state index contributed by atoms with van der Waals surface area (Å²) in [4.78, 5) is 20.5. The largest absolute Gasteiger partial charge is 0.368 e. The van der Waals surface area contributed by atoms with E-state index in [2.05, 4.69) is 20.6 Å². The molecule has 1 amide bonds. The molecule has 0 aliphatic rings. The highest BCUT2D eigenvalue weighted by molar-refractivity contribution is 6.03. The van der Waals surface area contributed by atoms with E-state index in [-0.39, 0.29) is 23.5 Å². The maximum absolute atomic E-state index is 12.8. The highest BCUT2D eigenvalue weighted by atomic mass is 19.1. The van der Waals surface area contributed by atoms with Crippen molar-refractivity contribution in [3.63, 3.8) is 0 Å². The summed E-state index contributed by atoms with van der Waals surface area (Å²) < 4.78 is 12.8. The zero-order valence-corrected chi connectivity index (χ0v) is 12.1. The number of carbonyl (C=O) groups is 1. The van der Waals surface area contributed by atoms with Crippen molar-refractivity contribution in [1.82, 2.24) is 9.97 Å². The lowest BCUT2D eigenvalue weighted by Crippen LogP contribution is -2.17. The van der Waals surface area contributed by atoms with Crippen molar-refractivity contribution >= 4 is 17.4 Å². The minimum atomic E-state index is -0.362. The predicted octanol–water partition coefficient (Wildman–Crippen LogP) is 3.00. The molecule has 0 saturated heterocycles. The van der Waals surface area contributed by atoms with Crippen molar-refractivity contribution in [1.29, 1.82) is 0 Å². The number of benzene rings is 1. The van der Waals surface area contributed by atoms with Gasteiger partial charge in [0.05, 0.1) is 0 Å². The van der Waals surface area contributed by atoms with Crippen LogP contribution in [0.5, 0.6) is 0 Å². The van der Waals surface area contributed by atoms with Crippen LogP contribution >= 0.6 is 0 Å². The summed E-state index contributed by atoms with van der Waals surface area (Å²) in [6.07, 6.45) is 0. The molecule has 0 aliphatic heterocycles. The summed E-state index contributed by atoms with van der Waals surface area (Å²) in [5.74, 6) is 0.389. The van der Waals surface area contributed by atoms with Crippen LogP contribution in [0.3, 0.4) is 0 Å². The van der Waals surface area contributed by atoms with Crippen LogP contribution in [0.2, 0.25) is 0 Å². The number of nitrogens with one attached hydrogen (secondary N) is 2. The molecule has 0 saturated carbocycles. The zero-order valence-electron chi connectivity index (χ0n) is 12.1. The molecule has 1 aromatic carbocycles. The lowest BCUT2D eigenvalue weighted by molar-refractivity contribution is 0.102. The molecule has 0 radical (unpaired) electrons. The molecule has 0 aliphatic carbocycles. The molecule has 2 rings (SSSR count). The smallest absolute Gasteiger partial charge is 0.274 e. The van der Waals surface area contributed by atoms with E-state index in [0.717, 1.165) is 0 Å². The zero-order chi connectivity index (χ0) is 15.4. The van der Waals surface area contributed by atoms with E-state index in [4.69, 9.17) is 0 Å². The molecule has 21 heavy (non-hydrogen) atoms. The van der Waals surface area contributed by atoms with Crippen molar-refractivity contribution in [3.8, 4) is 0 Å². The van der Waals surface area contributed by atoms with Gasteiger partial charge in [0.1, 0.15) is 23.2 Å². The number of rotatable bonds is 4. The number of aryl methyl sites for hydroxylation is 1. The predicted molar refractivity (Wildman–Crippen MR) is 79.9 cm³/mol. The van der Waals surface area contributed by atoms with Gasteiger partial charge in [0, 0.05) is 17.8 Å². The Labute approximate surface area is 122 Å². The third kappa shape index (κ3) is 4.24. The summed E-state index contributed by atoms with van der Waals surface area (Å²) in [6.45, 7) is 5.69. The van der Waals surface area contributed by atoms with Crippen LogP contribution in [-0.4, -0.2) is 21.9 Å². The topological polar surface area (TPSA) is 66.9 Å². The van der Waals surface area contributed by atoms with Crippen LogP contribution in [0.25, 0.3) is 0 Å². The number of hydrogen-bond acceptors (Lipinski definition) is 4. The molecular formula is C15H17FN4O. The number of carbonyl (C=O) groups excluding carboxylic acids is 1. The van der Waals surface area contributed by atoms with Gasteiger partial charge >= 0.3 is 0 Å². The summed E-state index contributed by atoms with van der Waals surface area (Å²) >= 11 is 0. The second-order valence-electron chi connectivity index (χ2n) is 4.95. The van der Waals surface area contributed by atoms with E-state index >= 15 is 0 Å². The minimum absolute atomic E-state index is 0.201. The first-order chi connectivity index (χ1) is 9.94. The SMILES string of the molecule is Cc1nc(NC(C)C)cc(C(=O)Nc2ccc(F)cc2)n1. The van der Waals surface area contributed by atoms with Crippen LogP contribution < -0.4 is 10.6 Å². The molecule has 0 fully saturated rings. The summed E-state index contributed by atoms with van der Waals surface area (Å²) in [7, 11) is 0. The number of aromatic nitrogens is 2. The Balaban J connectivity index is 2.18. The Bertz CT molecular complexity index is 641. The number of amides is 1. The fourth-order valence-electron chi connectivity index (χ4n) is 1.78. The maximum atomic E-state index is 12.8. The van der Waals surface area contributed by atoms with Gasteiger partial charge in [0.15, 0.2) is 0 Å². The Morgan fingerprint density at radius 2 is 1.86 bits per heavy atom. The van der Waals surface area contributed by atoms with Crippen molar-refractivity contribution in [2.24, 2.45) is 0 Å². The highest BCUT2D eigenvalue weighted by Crippen LogP contribution is 2.12. The average Bonchev–Trinajstić information content (AvgIpc) is 2.40. The van der Waals surface area contributed by atoms with Crippen molar-refractivity contribution in [3.05, 3.63) is 47.7 Å². The number of halogens is 1. The Kier molecular flexibility index (Phi) is 4.47. The highest BCUT2D eigenvalue weighted by Gasteiger charge is 2.11. The van der Waals surface area contributed by atoms with Gasteiger partial charge in [-0.25, -0.2) is 14.4 Å².